The minimum Gasteiger partial charge on any atom is -0.448 e. The van der Waals surface area contributed by atoms with E-state index in [4.69, 9.17) is 4.74 Å². The molecule has 0 aliphatic carbocycles. The number of carbonyl (C=O) groups excluding carboxylic acids is 1. The van der Waals surface area contributed by atoms with Crippen LogP contribution in [-0.2, 0) is 4.74 Å². The van der Waals surface area contributed by atoms with E-state index in [2.05, 4.69) is 12.2 Å². The van der Waals surface area contributed by atoms with Crippen molar-refractivity contribution >= 4 is 6.09 Å². The number of nitrogens with zero attached hydrogens (tertiary/aromatic N) is 1. The van der Waals surface area contributed by atoms with E-state index in [0.717, 1.165) is 26.1 Å². The van der Waals surface area contributed by atoms with Crippen LogP contribution in [0, 0.1) is 0 Å². The average Bonchev–Trinajstić information content (AvgIpc) is 2.52. The molecule has 0 spiro atoms. The summed E-state index contributed by atoms with van der Waals surface area (Å²) in [5.74, 6) is 0. The van der Waals surface area contributed by atoms with E-state index >= 15 is 0 Å². The molecule has 1 N–H and O–H groups in total. The number of ether oxygens (including phenoxy) is 1. The first-order valence-corrected chi connectivity index (χ1v) is 5.36. The van der Waals surface area contributed by atoms with Gasteiger partial charge in [0, 0.05) is 12.1 Å². The van der Waals surface area contributed by atoms with Gasteiger partial charge in [-0.05, 0) is 26.3 Å². The van der Waals surface area contributed by atoms with E-state index in [9.17, 15) is 4.79 Å². The zero-order valence-electron chi connectivity index (χ0n) is 8.71. The maximum absolute atomic E-state index is 11.3. The van der Waals surface area contributed by atoms with Crippen LogP contribution in [0.4, 0.5) is 4.79 Å². The summed E-state index contributed by atoms with van der Waals surface area (Å²) in [5.41, 5.74) is 0.0988. The molecule has 1 unspecified atom stereocenters. The van der Waals surface area contributed by atoms with Gasteiger partial charge in [-0.15, -0.1) is 0 Å². The van der Waals surface area contributed by atoms with Crippen LogP contribution >= 0.6 is 0 Å². The number of piperidine rings is 1. The van der Waals surface area contributed by atoms with Crippen molar-refractivity contribution in [2.45, 2.75) is 31.7 Å². The molecule has 0 aromatic rings. The first-order valence-electron chi connectivity index (χ1n) is 5.36. The molecule has 0 radical (unpaired) electrons. The molecule has 2 aliphatic rings. The number of rotatable bonds is 2. The smallest absolute Gasteiger partial charge is 0.410 e. The first kappa shape index (κ1) is 9.77. The molecule has 80 valence electrons. The van der Waals surface area contributed by atoms with Crippen LogP contribution in [0.15, 0.2) is 0 Å². The molecule has 4 nitrogen and oxygen atoms in total. The highest BCUT2D eigenvalue weighted by Crippen LogP contribution is 2.21. The van der Waals surface area contributed by atoms with Gasteiger partial charge in [-0.25, -0.2) is 4.79 Å². The van der Waals surface area contributed by atoms with Gasteiger partial charge >= 0.3 is 6.09 Å². The minimum absolute atomic E-state index is 0.0988. The third-order valence-electron chi connectivity index (χ3n) is 3.09. The Kier molecular flexibility index (Phi) is 2.63. The summed E-state index contributed by atoms with van der Waals surface area (Å²) in [7, 11) is 0. The van der Waals surface area contributed by atoms with Crippen molar-refractivity contribution in [3.05, 3.63) is 0 Å². The van der Waals surface area contributed by atoms with Crippen molar-refractivity contribution in [3.8, 4) is 0 Å². The Morgan fingerprint density at radius 3 is 3.00 bits per heavy atom. The van der Waals surface area contributed by atoms with Gasteiger partial charge in [0.15, 0.2) is 0 Å². The third-order valence-corrected chi connectivity index (χ3v) is 3.09. The molecule has 2 fully saturated rings. The number of amides is 1. The third kappa shape index (κ3) is 2.00. The lowest BCUT2D eigenvalue weighted by molar-refractivity contribution is 0.143. The Balaban J connectivity index is 1.91. The maximum atomic E-state index is 11.3. The van der Waals surface area contributed by atoms with Gasteiger partial charge in [0.2, 0.25) is 0 Å². The summed E-state index contributed by atoms with van der Waals surface area (Å²) < 4.78 is 4.91. The average molecular weight is 198 g/mol. The van der Waals surface area contributed by atoms with E-state index in [-0.39, 0.29) is 11.6 Å². The summed E-state index contributed by atoms with van der Waals surface area (Å²) in [6.07, 6.45) is 3.50. The molecule has 0 aromatic carbocycles. The van der Waals surface area contributed by atoms with Gasteiger partial charge in [0.05, 0.1) is 6.54 Å². The summed E-state index contributed by atoms with van der Waals surface area (Å²) >= 11 is 0. The number of cyclic esters (lactones) is 1. The van der Waals surface area contributed by atoms with Crippen molar-refractivity contribution in [3.63, 3.8) is 0 Å². The highest BCUT2D eigenvalue weighted by Gasteiger charge is 2.33. The highest BCUT2D eigenvalue weighted by atomic mass is 16.6. The van der Waals surface area contributed by atoms with Crippen molar-refractivity contribution < 1.29 is 9.53 Å². The van der Waals surface area contributed by atoms with Crippen LogP contribution in [0.5, 0.6) is 0 Å². The van der Waals surface area contributed by atoms with Crippen LogP contribution in [0.3, 0.4) is 0 Å². The minimum atomic E-state index is -0.154. The van der Waals surface area contributed by atoms with E-state index in [1.165, 1.54) is 12.8 Å². The largest absolute Gasteiger partial charge is 0.448 e. The van der Waals surface area contributed by atoms with Gasteiger partial charge in [0.25, 0.3) is 0 Å². The van der Waals surface area contributed by atoms with Crippen LogP contribution < -0.4 is 5.32 Å². The van der Waals surface area contributed by atoms with Gasteiger partial charge in [0.1, 0.15) is 6.61 Å². The second-order valence-electron chi connectivity index (χ2n) is 4.48. The number of hydrogen-bond acceptors (Lipinski definition) is 3. The van der Waals surface area contributed by atoms with Gasteiger partial charge in [-0.1, -0.05) is 6.42 Å². The summed E-state index contributed by atoms with van der Waals surface area (Å²) in [6.45, 7) is 5.34. The predicted molar refractivity (Wildman–Crippen MR) is 53.2 cm³/mol. The van der Waals surface area contributed by atoms with E-state index in [0.29, 0.717) is 6.61 Å². The Labute approximate surface area is 84.6 Å². The molecule has 0 aromatic heterocycles. The number of carbonyl (C=O) groups is 1. The monoisotopic (exact) mass is 198 g/mol. The Bertz CT molecular complexity index is 224. The summed E-state index contributed by atoms with van der Waals surface area (Å²) in [4.78, 5) is 13.1. The van der Waals surface area contributed by atoms with Gasteiger partial charge < -0.3 is 15.0 Å². The SMILES string of the molecule is CC1(CN2CCOC2=O)CCCCN1. The van der Waals surface area contributed by atoms with Crippen molar-refractivity contribution in [1.82, 2.24) is 10.2 Å². The molecule has 2 aliphatic heterocycles. The number of nitrogens with one attached hydrogen (secondary N) is 1. The normalized spacial score (nSPS) is 33.2. The molecule has 0 bridgehead atoms. The lowest BCUT2D eigenvalue weighted by Crippen LogP contribution is -2.53. The van der Waals surface area contributed by atoms with E-state index in [1.54, 1.807) is 4.90 Å². The fourth-order valence-electron chi connectivity index (χ4n) is 2.24. The summed E-state index contributed by atoms with van der Waals surface area (Å²) in [5, 5.41) is 3.49. The predicted octanol–water partition coefficient (Wildman–Crippen LogP) is 0.971. The zero-order valence-corrected chi connectivity index (χ0v) is 8.71. The van der Waals surface area contributed by atoms with Crippen LogP contribution in [0.1, 0.15) is 26.2 Å². The standard InChI is InChI=1S/C10H18N2O2/c1-10(4-2-3-5-11-10)8-12-6-7-14-9(12)13/h11H,2-8H2,1H3. The zero-order chi connectivity index (χ0) is 10.0. The van der Waals surface area contributed by atoms with Crippen LogP contribution in [0.2, 0.25) is 0 Å². The van der Waals surface area contributed by atoms with Crippen molar-refractivity contribution in [2.24, 2.45) is 0 Å². The molecule has 2 saturated heterocycles. The molecule has 2 heterocycles. The lowest BCUT2D eigenvalue weighted by Gasteiger charge is -2.37. The van der Waals surface area contributed by atoms with Crippen molar-refractivity contribution in [2.75, 3.05) is 26.2 Å². The first-order chi connectivity index (χ1) is 6.70. The topological polar surface area (TPSA) is 41.6 Å². The van der Waals surface area contributed by atoms with E-state index < -0.39 is 0 Å². The van der Waals surface area contributed by atoms with Crippen LogP contribution in [0.25, 0.3) is 0 Å². The Hall–Kier alpha value is -0.770. The molecule has 0 saturated carbocycles. The maximum Gasteiger partial charge on any atom is 0.410 e. The van der Waals surface area contributed by atoms with Gasteiger partial charge in [-0.2, -0.15) is 0 Å². The molecule has 14 heavy (non-hydrogen) atoms. The molecule has 4 heteroatoms. The Morgan fingerprint density at radius 1 is 1.57 bits per heavy atom. The highest BCUT2D eigenvalue weighted by molar-refractivity contribution is 5.69. The van der Waals surface area contributed by atoms with Crippen molar-refractivity contribution in [1.29, 1.82) is 0 Å². The second-order valence-corrected chi connectivity index (χ2v) is 4.48. The van der Waals surface area contributed by atoms with Crippen LogP contribution in [-0.4, -0.2) is 42.8 Å². The Morgan fingerprint density at radius 2 is 2.43 bits per heavy atom. The molecule has 1 atom stereocenters. The molecule has 2 rings (SSSR count). The molecular formula is C10H18N2O2. The number of hydrogen-bond donors (Lipinski definition) is 1. The fourth-order valence-corrected chi connectivity index (χ4v) is 2.24. The molecule has 1 amide bonds. The van der Waals surface area contributed by atoms with Gasteiger partial charge in [-0.3, -0.25) is 0 Å². The lowest BCUT2D eigenvalue weighted by atomic mass is 9.90. The molecular weight excluding hydrogens is 180 g/mol. The second kappa shape index (κ2) is 3.77. The fraction of sp³-hybridized carbons (Fsp3) is 0.900. The summed E-state index contributed by atoms with van der Waals surface area (Å²) in [6, 6.07) is 0. The van der Waals surface area contributed by atoms with E-state index in [1.807, 2.05) is 0 Å². The quantitative estimate of drug-likeness (QED) is 0.719.